The van der Waals surface area contributed by atoms with E-state index in [0.717, 1.165) is 55.4 Å². The largest absolute Gasteiger partial charge is 0.339 e. The van der Waals surface area contributed by atoms with Crippen LogP contribution in [0.25, 0.3) is 0 Å². The molecular weight excluding hydrogens is 286 g/mol. The molecule has 2 aromatic rings. The Labute approximate surface area is 128 Å². The molecule has 0 bridgehead atoms. The maximum atomic E-state index is 12.3. The second-order valence-electron chi connectivity index (χ2n) is 5.34. The number of thiophene rings is 1. The van der Waals surface area contributed by atoms with Crippen LogP contribution in [0.2, 0.25) is 0 Å². The van der Waals surface area contributed by atoms with Crippen LogP contribution in [0.5, 0.6) is 0 Å². The van der Waals surface area contributed by atoms with Crippen LogP contribution in [0.1, 0.15) is 53.5 Å². The first kappa shape index (κ1) is 14.3. The summed E-state index contributed by atoms with van der Waals surface area (Å²) in [5.74, 6) is 1.96. The normalized spacial score (nSPS) is 16.3. The van der Waals surface area contributed by atoms with Crippen molar-refractivity contribution in [3.8, 4) is 0 Å². The first-order valence-corrected chi connectivity index (χ1v) is 8.31. The van der Waals surface area contributed by atoms with Gasteiger partial charge >= 0.3 is 0 Å². The molecule has 1 amide bonds. The molecule has 0 unspecified atom stereocenters. The Kier molecular flexibility index (Phi) is 4.34. The number of hydrogen-bond acceptors (Lipinski definition) is 5. The Morgan fingerprint density at radius 3 is 2.95 bits per heavy atom. The zero-order valence-electron chi connectivity index (χ0n) is 12.1. The monoisotopic (exact) mass is 305 g/mol. The van der Waals surface area contributed by atoms with Crippen LogP contribution in [0.3, 0.4) is 0 Å². The first-order chi connectivity index (χ1) is 10.3. The van der Waals surface area contributed by atoms with Gasteiger partial charge in [0.1, 0.15) is 0 Å². The minimum atomic E-state index is 0.139. The zero-order chi connectivity index (χ0) is 14.7. The van der Waals surface area contributed by atoms with Crippen molar-refractivity contribution in [2.45, 2.75) is 38.5 Å². The van der Waals surface area contributed by atoms with E-state index in [0.29, 0.717) is 0 Å². The predicted octanol–water partition coefficient (Wildman–Crippen LogP) is 3.10. The van der Waals surface area contributed by atoms with Crippen molar-refractivity contribution in [1.29, 1.82) is 0 Å². The van der Waals surface area contributed by atoms with Crippen molar-refractivity contribution in [3.05, 3.63) is 34.1 Å². The van der Waals surface area contributed by atoms with E-state index in [1.807, 2.05) is 22.4 Å². The Balaban J connectivity index is 1.58. The highest BCUT2D eigenvalue weighted by Gasteiger charge is 2.28. The summed E-state index contributed by atoms with van der Waals surface area (Å²) in [6.07, 6.45) is 3.67. The van der Waals surface area contributed by atoms with E-state index < -0.39 is 0 Å². The number of aryl methyl sites for hydroxylation is 1. The number of carbonyl (C=O) groups is 1. The van der Waals surface area contributed by atoms with E-state index in [-0.39, 0.29) is 11.8 Å². The molecule has 0 aromatic carbocycles. The van der Waals surface area contributed by atoms with Crippen LogP contribution in [0.4, 0.5) is 0 Å². The fourth-order valence-corrected chi connectivity index (χ4v) is 3.33. The fourth-order valence-electron chi connectivity index (χ4n) is 2.64. The summed E-state index contributed by atoms with van der Waals surface area (Å²) < 4.78 is 5.36. The summed E-state index contributed by atoms with van der Waals surface area (Å²) in [6, 6.07) is 3.80. The van der Waals surface area contributed by atoms with Gasteiger partial charge in [0, 0.05) is 25.4 Å². The van der Waals surface area contributed by atoms with Crippen LogP contribution in [0, 0.1) is 0 Å². The second kappa shape index (κ2) is 6.39. The summed E-state index contributed by atoms with van der Waals surface area (Å²) in [4.78, 5) is 19.5. The average molecular weight is 305 g/mol. The lowest BCUT2D eigenvalue weighted by Gasteiger charge is -2.30. The molecule has 3 rings (SSSR count). The van der Waals surface area contributed by atoms with Crippen molar-refractivity contribution in [3.63, 3.8) is 0 Å². The maximum Gasteiger partial charge on any atom is 0.263 e. The molecule has 6 heteroatoms. The van der Waals surface area contributed by atoms with Gasteiger partial charge in [-0.2, -0.15) is 4.98 Å². The Morgan fingerprint density at radius 1 is 1.48 bits per heavy atom. The van der Waals surface area contributed by atoms with E-state index in [1.165, 1.54) is 11.3 Å². The van der Waals surface area contributed by atoms with Gasteiger partial charge in [0.2, 0.25) is 5.89 Å². The molecule has 0 atom stereocenters. The third-order valence-corrected chi connectivity index (χ3v) is 4.68. The van der Waals surface area contributed by atoms with E-state index in [1.54, 1.807) is 0 Å². The fraction of sp³-hybridized carbons (Fsp3) is 0.533. The molecule has 0 radical (unpaired) electrons. The van der Waals surface area contributed by atoms with Crippen LogP contribution in [-0.2, 0) is 6.42 Å². The topological polar surface area (TPSA) is 59.2 Å². The summed E-state index contributed by atoms with van der Waals surface area (Å²) >= 11 is 1.50. The van der Waals surface area contributed by atoms with Crippen molar-refractivity contribution < 1.29 is 9.32 Å². The highest BCUT2D eigenvalue weighted by Crippen LogP contribution is 2.28. The predicted molar refractivity (Wildman–Crippen MR) is 80.5 cm³/mol. The molecule has 0 spiro atoms. The Hall–Kier alpha value is -1.69. The number of piperidine rings is 1. The third-order valence-electron chi connectivity index (χ3n) is 3.82. The molecule has 0 N–H and O–H groups in total. The molecule has 0 saturated carbocycles. The lowest BCUT2D eigenvalue weighted by molar-refractivity contribution is 0.0709. The SMILES string of the molecule is CCCc1noc(C2CCN(C(=O)c3cccs3)CC2)n1. The smallest absolute Gasteiger partial charge is 0.263 e. The molecule has 1 aliphatic rings. The van der Waals surface area contributed by atoms with E-state index >= 15 is 0 Å². The number of hydrogen-bond donors (Lipinski definition) is 0. The molecule has 112 valence electrons. The van der Waals surface area contributed by atoms with Crippen molar-refractivity contribution in [1.82, 2.24) is 15.0 Å². The number of aromatic nitrogens is 2. The summed E-state index contributed by atoms with van der Waals surface area (Å²) in [7, 11) is 0. The standard InChI is InChI=1S/C15H19N3O2S/c1-2-4-13-16-14(20-17-13)11-6-8-18(9-7-11)15(19)12-5-3-10-21-12/h3,5,10-11H,2,4,6-9H2,1H3. The molecule has 1 fully saturated rings. The molecule has 5 nitrogen and oxygen atoms in total. The summed E-state index contributed by atoms with van der Waals surface area (Å²) in [6.45, 7) is 3.62. The number of carbonyl (C=O) groups excluding carboxylic acids is 1. The highest BCUT2D eigenvalue weighted by molar-refractivity contribution is 7.12. The highest BCUT2D eigenvalue weighted by atomic mass is 32.1. The molecule has 1 aliphatic heterocycles. The maximum absolute atomic E-state index is 12.3. The Bertz CT molecular complexity index is 586. The number of nitrogens with zero attached hydrogens (tertiary/aromatic N) is 3. The molecular formula is C15H19N3O2S. The van der Waals surface area contributed by atoms with Crippen LogP contribution >= 0.6 is 11.3 Å². The van der Waals surface area contributed by atoms with Gasteiger partial charge in [0.25, 0.3) is 5.91 Å². The number of amides is 1. The first-order valence-electron chi connectivity index (χ1n) is 7.43. The van der Waals surface area contributed by atoms with Gasteiger partial charge in [-0.1, -0.05) is 18.1 Å². The van der Waals surface area contributed by atoms with E-state index in [2.05, 4.69) is 17.1 Å². The van der Waals surface area contributed by atoms with Crippen LogP contribution in [0.15, 0.2) is 22.0 Å². The van der Waals surface area contributed by atoms with Crippen molar-refractivity contribution >= 4 is 17.2 Å². The van der Waals surface area contributed by atoms with E-state index in [4.69, 9.17) is 4.52 Å². The van der Waals surface area contributed by atoms with Crippen molar-refractivity contribution in [2.75, 3.05) is 13.1 Å². The summed E-state index contributed by atoms with van der Waals surface area (Å²) in [5, 5.41) is 5.95. The van der Waals surface area contributed by atoms with Crippen LogP contribution < -0.4 is 0 Å². The second-order valence-corrected chi connectivity index (χ2v) is 6.29. The van der Waals surface area contributed by atoms with E-state index in [9.17, 15) is 4.79 Å². The minimum absolute atomic E-state index is 0.139. The molecule has 2 aromatic heterocycles. The van der Waals surface area contributed by atoms with Gasteiger partial charge in [-0.25, -0.2) is 0 Å². The average Bonchev–Trinajstić information content (AvgIpc) is 3.19. The van der Waals surface area contributed by atoms with Gasteiger partial charge in [-0.15, -0.1) is 11.3 Å². The van der Waals surface area contributed by atoms with Gasteiger partial charge in [0.15, 0.2) is 5.82 Å². The lowest BCUT2D eigenvalue weighted by Crippen LogP contribution is -2.37. The van der Waals surface area contributed by atoms with Crippen LogP contribution in [-0.4, -0.2) is 34.0 Å². The van der Waals surface area contributed by atoms with Crippen molar-refractivity contribution in [2.24, 2.45) is 0 Å². The van der Waals surface area contributed by atoms with Gasteiger partial charge in [0.05, 0.1) is 4.88 Å². The number of likely N-dealkylation sites (tertiary alicyclic amines) is 1. The molecule has 0 aliphatic carbocycles. The third kappa shape index (κ3) is 3.15. The summed E-state index contributed by atoms with van der Waals surface area (Å²) in [5.41, 5.74) is 0. The zero-order valence-corrected chi connectivity index (χ0v) is 12.9. The number of rotatable bonds is 4. The quantitative estimate of drug-likeness (QED) is 0.871. The molecule has 21 heavy (non-hydrogen) atoms. The van der Waals surface area contributed by atoms with Gasteiger partial charge in [-0.3, -0.25) is 4.79 Å². The van der Waals surface area contributed by atoms with Gasteiger partial charge < -0.3 is 9.42 Å². The Morgan fingerprint density at radius 2 is 2.29 bits per heavy atom. The molecule has 3 heterocycles. The van der Waals surface area contributed by atoms with Gasteiger partial charge in [-0.05, 0) is 30.7 Å². The molecule has 1 saturated heterocycles. The minimum Gasteiger partial charge on any atom is -0.339 e. The lowest BCUT2D eigenvalue weighted by atomic mass is 9.96.